The monoisotopic (exact) mass is 433 g/mol. The molecule has 0 aliphatic rings. The van der Waals surface area contributed by atoms with Gasteiger partial charge in [-0.2, -0.15) is 0 Å². The van der Waals surface area contributed by atoms with Crippen LogP contribution in [0.3, 0.4) is 0 Å². The molecular formula is C31H20BNO. The minimum atomic E-state index is 0.733. The van der Waals surface area contributed by atoms with Gasteiger partial charge in [-0.05, 0) is 65.2 Å². The Morgan fingerprint density at radius 3 is 2.09 bits per heavy atom. The molecule has 0 aliphatic carbocycles. The van der Waals surface area contributed by atoms with Gasteiger partial charge >= 0.3 is 0 Å². The van der Waals surface area contributed by atoms with Crippen LogP contribution in [0.5, 0.6) is 0 Å². The van der Waals surface area contributed by atoms with Crippen molar-refractivity contribution in [3.8, 4) is 5.69 Å². The van der Waals surface area contributed by atoms with Crippen LogP contribution >= 0.6 is 0 Å². The van der Waals surface area contributed by atoms with E-state index in [1.54, 1.807) is 0 Å². The van der Waals surface area contributed by atoms with Crippen molar-refractivity contribution < 1.29 is 4.42 Å². The molecule has 3 heteroatoms. The molecule has 0 atom stereocenters. The predicted octanol–water partition coefficient (Wildman–Crippen LogP) is 7.74. The smallest absolute Gasteiger partial charge is 0.135 e. The zero-order valence-electron chi connectivity index (χ0n) is 18.8. The van der Waals surface area contributed by atoms with Crippen LogP contribution in [0.4, 0.5) is 0 Å². The SMILES string of the molecule is [B]c1ccc2oc3ccc(-n4c5cccc6c(C=C)c(/C=C\C)c7cccc4c7c65)cc3c2c1. The van der Waals surface area contributed by atoms with Gasteiger partial charge in [-0.25, -0.2) is 0 Å². The van der Waals surface area contributed by atoms with E-state index in [-0.39, 0.29) is 0 Å². The van der Waals surface area contributed by atoms with Crippen molar-refractivity contribution in [2.24, 2.45) is 0 Å². The summed E-state index contributed by atoms with van der Waals surface area (Å²) in [4.78, 5) is 0. The summed E-state index contributed by atoms with van der Waals surface area (Å²) in [5, 5.41) is 7.14. The maximum absolute atomic E-state index is 6.09. The molecule has 34 heavy (non-hydrogen) atoms. The van der Waals surface area contributed by atoms with Crippen LogP contribution < -0.4 is 5.46 Å². The van der Waals surface area contributed by atoms with Gasteiger partial charge < -0.3 is 8.98 Å². The zero-order valence-corrected chi connectivity index (χ0v) is 18.8. The van der Waals surface area contributed by atoms with E-state index < -0.39 is 0 Å². The third-order valence-corrected chi connectivity index (χ3v) is 6.96. The number of nitrogens with zero attached hydrogens (tertiary/aromatic N) is 1. The molecule has 0 spiro atoms. The normalized spacial score (nSPS) is 12.4. The molecular weight excluding hydrogens is 413 g/mol. The van der Waals surface area contributed by atoms with Crippen molar-refractivity contribution in [3.05, 3.63) is 96.6 Å². The van der Waals surface area contributed by atoms with Gasteiger partial charge in [0, 0.05) is 27.2 Å². The first-order valence-corrected chi connectivity index (χ1v) is 11.5. The number of hydrogen-bond acceptors (Lipinski definition) is 1. The van der Waals surface area contributed by atoms with E-state index in [2.05, 4.69) is 84.8 Å². The van der Waals surface area contributed by atoms with Crippen LogP contribution in [0, 0.1) is 0 Å². The summed E-state index contributed by atoms with van der Waals surface area (Å²) in [6, 6.07) is 25.4. The fourth-order valence-corrected chi connectivity index (χ4v) is 5.61. The van der Waals surface area contributed by atoms with Crippen molar-refractivity contribution in [3.63, 3.8) is 0 Å². The lowest BCUT2D eigenvalue weighted by molar-refractivity contribution is 0.669. The summed E-state index contributed by atoms with van der Waals surface area (Å²) in [5.41, 5.74) is 8.31. The third kappa shape index (κ3) is 2.41. The largest absolute Gasteiger partial charge is 0.456 e. The molecule has 0 N–H and O–H groups in total. The molecule has 7 rings (SSSR count). The Morgan fingerprint density at radius 1 is 0.765 bits per heavy atom. The fraction of sp³-hybridized carbons (Fsp3) is 0.0323. The molecule has 5 aromatic carbocycles. The highest BCUT2D eigenvalue weighted by atomic mass is 16.3. The van der Waals surface area contributed by atoms with Crippen LogP contribution in [-0.2, 0) is 0 Å². The maximum Gasteiger partial charge on any atom is 0.135 e. The minimum absolute atomic E-state index is 0.733. The fourth-order valence-electron chi connectivity index (χ4n) is 5.61. The van der Waals surface area contributed by atoms with Crippen molar-refractivity contribution in [2.45, 2.75) is 6.92 Å². The van der Waals surface area contributed by atoms with Gasteiger partial charge in [-0.3, -0.25) is 0 Å². The molecule has 0 unspecified atom stereocenters. The van der Waals surface area contributed by atoms with E-state index in [0.717, 1.165) is 33.1 Å². The Hall–Kier alpha value is -4.24. The average molecular weight is 433 g/mol. The molecule has 0 bridgehead atoms. The number of allylic oxidation sites excluding steroid dienone is 1. The van der Waals surface area contributed by atoms with E-state index in [4.69, 9.17) is 12.3 Å². The number of benzene rings is 5. The Labute approximate surface area is 198 Å². The Balaban J connectivity index is 1.66. The van der Waals surface area contributed by atoms with Gasteiger partial charge in [-0.1, -0.05) is 66.7 Å². The van der Waals surface area contributed by atoms with E-state index >= 15 is 0 Å². The molecule has 0 fully saturated rings. The number of fused-ring (bicyclic) bond motifs is 3. The van der Waals surface area contributed by atoms with E-state index in [9.17, 15) is 0 Å². The third-order valence-electron chi connectivity index (χ3n) is 6.96. The molecule has 2 nitrogen and oxygen atoms in total. The van der Waals surface area contributed by atoms with Crippen molar-refractivity contribution >= 4 is 80.0 Å². The second-order valence-corrected chi connectivity index (χ2v) is 8.80. The minimum Gasteiger partial charge on any atom is -0.456 e. The maximum atomic E-state index is 6.09. The molecule has 2 heterocycles. The van der Waals surface area contributed by atoms with Crippen molar-refractivity contribution in [2.75, 3.05) is 0 Å². The number of hydrogen-bond donors (Lipinski definition) is 0. The highest BCUT2D eigenvalue weighted by Crippen LogP contribution is 2.43. The highest BCUT2D eigenvalue weighted by Gasteiger charge is 2.21. The lowest BCUT2D eigenvalue weighted by atomic mass is 9.91. The van der Waals surface area contributed by atoms with Crippen LogP contribution in [0.1, 0.15) is 18.1 Å². The molecule has 0 aliphatic heterocycles. The van der Waals surface area contributed by atoms with Crippen LogP contribution in [0.25, 0.3) is 72.4 Å². The van der Waals surface area contributed by atoms with Gasteiger partial charge in [0.1, 0.15) is 19.0 Å². The molecule has 0 saturated heterocycles. The zero-order chi connectivity index (χ0) is 23.0. The average Bonchev–Trinajstić information content (AvgIpc) is 3.39. The molecule has 2 radical (unpaired) electrons. The van der Waals surface area contributed by atoms with E-state index in [1.807, 2.05) is 24.3 Å². The van der Waals surface area contributed by atoms with Gasteiger partial charge in [0.15, 0.2) is 0 Å². The first kappa shape index (κ1) is 19.3. The van der Waals surface area contributed by atoms with Crippen LogP contribution in [0.2, 0.25) is 0 Å². The predicted molar refractivity (Wildman–Crippen MR) is 147 cm³/mol. The molecule has 158 valence electrons. The van der Waals surface area contributed by atoms with Gasteiger partial charge in [0.25, 0.3) is 0 Å². The summed E-state index contributed by atoms with van der Waals surface area (Å²) in [6.45, 7) is 6.21. The first-order valence-electron chi connectivity index (χ1n) is 11.5. The Morgan fingerprint density at radius 2 is 1.41 bits per heavy atom. The molecule has 0 saturated carbocycles. The lowest BCUT2D eigenvalue weighted by Crippen LogP contribution is -1.98. The molecule has 7 aromatic rings. The van der Waals surface area contributed by atoms with Crippen LogP contribution in [-0.4, -0.2) is 12.4 Å². The number of furan rings is 1. The van der Waals surface area contributed by atoms with Gasteiger partial charge in [0.05, 0.1) is 11.0 Å². The van der Waals surface area contributed by atoms with Gasteiger partial charge in [-0.15, -0.1) is 0 Å². The summed E-state index contributed by atoms with van der Waals surface area (Å²) in [7, 11) is 6.09. The number of rotatable bonds is 3. The van der Waals surface area contributed by atoms with E-state index in [0.29, 0.717) is 0 Å². The van der Waals surface area contributed by atoms with Crippen LogP contribution in [0.15, 0.2) is 89.9 Å². The standard InChI is InChI=1S/C31H20BNO/c1-3-7-21-20(4-2)22-8-5-10-26-30(22)31-23(21)9-6-11-27(31)33(26)19-13-15-29-25(17-19)24-16-18(32)12-14-28(24)34-29/h3-17H,2H2,1H3/b7-3-. The quantitative estimate of drug-likeness (QED) is 0.206. The van der Waals surface area contributed by atoms with Gasteiger partial charge in [0.2, 0.25) is 0 Å². The lowest BCUT2D eigenvalue weighted by Gasteiger charge is -2.11. The van der Waals surface area contributed by atoms with Crippen molar-refractivity contribution in [1.82, 2.24) is 4.57 Å². The summed E-state index contributed by atoms with van der Waals surface area (Å²) in [5.74, 6) is 0. The van der Waals surface area contributed by atoms with Crippen molar-refractivity contribution in [1.29, 1.82) is 0 Å². The summed E-state index contributed by atoms with van der Waals surface area (Å²) >= 11 is 0. The Kier molecular flexibility index (Phi) is 3.90. The molecule has 2 aromatic heterocycles. The van der Waals surface area contributed by atoms with E-state index in [1.165, 1.54) is 43.7 Å². The first-order chi connectivity index (χ1) is 16.7. The summed E-state index contributed by atoms with van der Waals surface area (Å²) in [6.07, 6.45) is 6.28. The number of aromatic nitrogens is 1. The second kappa shape index (κ2) is 6.88. The molecule has 0 amide bonds. The summed E-state index contributed by atoms with van der Waals surface area (Å²) < 4.78 is 8.45. The second-order valence-electron chi connectivity index (χ2n) is 8.80. The highest BCUT2D eigenvalue weighted by molar-refractivity contribution is 6.33. The Bertz CT molecular complexity index is 1950. The topological polar surface area (TPSA) is 18.1 Å².